The first-order chi connectivity index (χ1) is 8.63. The molecule has 1 rings (SSSR count). The van der Waals surface area contributed by atoms with Crippen LogP contribution in [0.1, 0.15) is 24.7 Å². The highest BCUT2D eigenvalue weighted by Gasteiger charge is 2.13. The third kappa shape index (κ3) is 5.51. The summed E-state index contributed by atoms with van der Waals surface area (Å²) in [7, 11) is 0. The number of hydrogen-bond acceptors (Lipinski definition) is 5. The standard InChI is InChI=1S/C13H20N2O2S/c1-3-17-13(16)12(14)7-8-18-9-11-6-4-5-10(2)15-11/h4-6,12H,3,7-9,14H2,1-2H3. The van der Waals surface area contributed by atoms with E-state index in [-0.39, 0.29) is 5.97 Å². The number of rotatable bonds is 7. The Bertz CT molecular complexity index is 385. The second-order valence-electron chi connectivity index (χ2n) is 3.97. The number of carbonyl (C=O) groups is 1. The minimum atomic E-state index is -0.511. The molecule has 2 N–H and O–H groups in total. The van der Waals surface area contributed by atoms with Gasteiger partial charge in [-0.05, 0) is 38.2 Å². The average Bonchev–Trinajstić information content (AvgIpc) is 2.35. The molecule has 1 aromatic heterocycles. The third-order valence-corrected chi connectivity index (χ3v) is 3.38. The van der Waals surface area contributed by atoms with E-state index in [1.165, 1.54) is 0 Å². The molecule has 0 aliphatic heterocycles. The topological polar surface area (TPSA) is 65.2 Å². The fourth-order valence-electron chi connectivity index (χ4n) is 1.43. The molecule has 0 aliphatic carbocycles. The molecule has 0 aliphatic rings. The van der Waals surface area contributed by atoms with Gasteiger partial charge in [0, 0.05) is 11.4 Å². The van der Waals surface area contributed by atoms with Crippen LogP contribution in [-0.4, -0.2) is 29.4 Å². The quantitative estimate of drug-likeness (QED) is 0.604. The van der Waals surface area contributed by atoms with Crippen molar-refractivity contribution >= 4 is 17.7 Å². The van der Waals surface area contributed by atoms with Crippen molar-refractivity contribution in [1.82, 2.24) is 4.98 Å². The molecule has 0 saturated heterocycles. The van der Waals surface area contributed by atoms with E-state index in [0.29, 0.717) is 13.0 Å². The van der Waals surface area contributed by atoms with E-state index in [4.69, 9.17) is 10.5 Å². The molecule has 1 unspecified atom stereocenters. The lowest BCUT2D eigenvalue weighted by Crippen LogP contribution is -2.32. The largest absolute Gasteiger partial charge is 0.465 e. The maximum Gasteiger partial charge on any atom is 0.322 e. The number of thioether (sulfide) groups is 1. The molecule has 18 heavy (non-hydrogen) atoms. The molecule has 1 aromatic rings. The average molecular weight is 268 g/mol. The van der Waals surface area contributed by atoms with Crippen molar-refractivity contribution < 1.29 is 9.53 Å². The molecular formula is C13H20N2O2S. The Morgan fingerprint density at radius 3 is 3.00 bits per heavy atom. The summed E-state index contributed by atoms with van der Waals surface area (Å²) in [6, 6.07) is 5.47. The second kappa shape index (κ2) is 8.11. The number of aryl methyl sites for hydroxylation is 1. The third-order valence-electron chi connectivity index (χ3n) is 2.36. The fourth-order valence-corrected chi connectivity index (χ4v) is 2.37. The van der Waals surface area contributed by atoms with E-state index >= 15 is 0 Å². The van der Waals surface area contributed by atoms with Crippen molar-refractivity contribution in [3.05, 3.63) is 29.6 Å². The lowest BCUT2D eigenvalue weighted by molar-refractivity contribution is -0.144. The molecule has 0 bridgehead atoms. The summed E-state index contributed by atoms with van der Waals surface area (Å²) in [4.78, 5) is 15.7. The lowest BCUT2D eigenvalue weighted by atomic mass is 10.2. The molecule has 0 spiro atoms. The zero-order valence-corrected chi connectivity index (χ0v) is 11.7. The summed E-state index contributed by atoms with van der Waals surface area (Å²) < 4.78 is 4.85. The molecule has 0 fully saturated rings. The number of ether oxygens (including phenoxy) is 1. The van der Waals surface area contributed by atoms with Crippen LogP contribution < -0.4 is 5.73 Å². The van der Waals surface area contributed by atoms with Gasteiger partial charge in [0.05, 0.1) is 12.3 Å². The molecule has 4 nitrogen and oxygen atoms in total. The zero-order valence-electron chi connectivity index (χ0n) is 10.9. The Morgan fingerprint density at radius 1 is 1.56 bits per heavy atom. The molecule has 0 aromatic carbocycles. The van der Waals surface area contributed by atoms with Crippen molar-refractivity contribution in [2.75, 3.05) is 12.4 Å². The molecule has 0 radical (unpaired) electrons. The Kier molecular flexibility index (Phi) is 6.75. The minimum Gasteiger partial charge on any atom is -0.465 e. The first-order valence-electron chi connectivity index (χ1n) is 6.06. The van der Waals surface area contributed by atoms with Crippen LogP contribution in [0, 0.1) is 6.92 Å². The summed E-state index contributed by atoms with van der Waals surface area (Å²) in [5.41, 5.74) is 7.79. The van der Waals surface area contributed by atoms with E-state index < -0.39 is 6.04 Å². The molecule has 1 atom stereocenters. The fraction of sp³-hybridized carbons (Fsp3) is 0.538. The van der Waals surface area contributed by atoms with Crippen molar-refractivity contribution in [1.29, 1.82) is 0 Å². The maximum atomic E-state index is 11.3. The van der Waals surface area contributed by atoms with Crippen LogP contribution in [0.25, 0.3) is 0 Å². The van der Waals surface area contributed by atoms with Crippen LogP contribution in [0.5, 0.6) is 0 Å². The highest BCUT2D eigenvalue weighted by atomic mass is 32.2. The second-order valence-corrected chi connectivity index (χ2v) is 5.08. The Hall–Kier alpha value is -1.07. The van der Waals surface area contributed by atoms with Crippen LogP contribution in [0.2, 0.25) is 0 Å². The molecule has 0 saturated carbocycles. The normalized spacial score (nSPS) is 12.2. The van der Waals surface area contributed by atoms with E-state index in [0.717, 1.165) is 22.9 Å². The molecule has 0 amide bonds. The predicted molar refractivity (Wildman–Crippen MR) is 74.4 cm³/mol. The monoisotopic (exact) mass is 268 g/mol. The Morgan fingerprint density at radius 2 is 2.33 bits per heavy atom. The summed E-state index contributed by atoms with van der Waals surface area (Å²) in [6.45, 7) is 4.14. The number of nitrogens with zero attached hydrogens (tertiary/aromatic N) is 1. The van der Waals surface area contributed by atoms with Crippen LogP contribution in [0.15, 0.2) is 18.2 Å². The van der Waals surface area contributed by atoms with Crippen LogP contribution in [-0.2, 0) is 15.3 Å². The number of carbonyl (C=O) groups excluding carboxylic acids is 1. The highest BCUT2D eigenvalue weighted by molar-refractivity contribution is 7.98. The summed E-state index contributed by atoms with van der Waals surface area (Å²) in [6.07, 6.45) is 0.634. The summed E-state index contributed by atoms with van der Waals surface area (Å²) in [5, 5.41) is 0. The van der Waals surface area contributed by atoms with Gasteiger partial charge < -0.3 is 10.5 Å². The number of pyridine rings is 1. The van der Waals surface area contributed by atoms with Crippen LogP contribution in [0.4, 0.5) is 0 Å². The predicted octanol–water partition coefficient (Wildman–Crippen LogP) is 1.90. The Labute approximate surface area is 112 Å². The lowest BCUT2D eigenvalue weighted by Gasteiger charge is -2.09. The minimum absolute atomic E-state index is 0.313. The van der Waals surface area contributed by atoms with Gasteiger partial charge in [-0.15, -0.1) is 0 Å². The number of nitrogens with two attached hydrogens (primary N) is 1. The number of hydrogen-bond donors (Lipinski definition) is 1. The molecule has 100 valence electrons. The summed E-state index contributed by atoms with van der Waals surface area (Å²) in [5.74, 6) is 1.36. The van der Waals surface area contributed by atoms with Gasteiger partial charge in [0.1, 0.15) is 6.04 Å². The van der Waals surface area contributed by atoms with Gasteiger partial charge in [-0.3, -0.25) is 9.78 Å². The first kappa shape index (κ1) is 15.0. The molecular weight excluding hydrogens is 248 g/mol. The number of esters is 1. The van der Waals surface area contributed by atoms with Crippen molar-refractivity contribution in [3.8, 4) is 0 Å². The van der Waals surface area contributed by atoms with E-state index in [2.05, 4.69) is 4.98 Å². The first-order valence-corrected chi connectivity index (χ1v) is 7.21. The molecule has 1 heterocycles. The SMILES string of the molecule is CCOC(=O)C(N)CCSCc1cccc(C)n1. The van der Waals surface area contributed by atoms with Gasteiger partial charge in [0.15, 0.2) is 0 Å². The summed E-state index contributed by atoms with van der Waals surface area (Å²) >= 11 is 1.73. The van der Waals surface area contributed by atoms with Gasteiger partial charge in [0.25, 0.3) is 0 Å². The van der Waals surface area contributed by atoms with Crippen molar-refractivity contribution in [2.45, 2.75) is 32.1 Å². The van der Waals surface area contributed by atoms with E-state index in [1.807, 2.05) is 25.1 Å². The smallest absolute Gasteiger partial charge is 0.322 e. The maximum absolute atomic E-state index is 11.3. The van der Waals surface area contributed by atoms with Gasteiger partial charge in [-0.25, -0.2) is 0 Å². The Balaban J connectivity index is 2.20. The van der Waals surface area contributed by atoms with Gasteiger partial charge in [-0.2, -0.15) is 11.8 Å². The van der Waals surface area contributed by atoms with Crippen LogP contribution >= 0.6 is 11.8 Å². The van der Waals surface area contributed by atoms with Crippen molar-refractivity contribution in [2.24, 2.45) is 5.73 Å². The van der Waals surface area contributed by atoms with Gasteiger partial charge in [-0.1, -0.05) is 6.07 Å². The van der Waals surface area contributed by atoms with E-state index in [9.17, 15) is 4.79 Å². The highest BCUT2D eigenvalue weighted by Crippen LogP contribution is 2.12. The molecule has 5 heteroatoms. The van der Waals surface area contributed by atoms with Crippen molar-refractivity contribution in [3.63, 3.8) is 0 Å². The van der Waals surface area contributed by atoms with Gasteiger partial charge >= 0.3 is 5.97 Å². The zero-order chi connectivity index (χ0) is 13.4. The van der Waals surface area contributed by atoms with Gasteiger partial charge in [0.2, 0.25) is 0 Å². The number of aromatic nitrogens is 1. The van der Waals surface area contributed by atoms with E-state index in [1.54, 1.807) is 18.7 Å². The van der Waals surface area contributed by atoms with Crippen LogP contribution in [0.3, 0.4) is 0 Å².